The smallest absolute Gasteiger partial charge is 0.270 e. The fourth-order valence-electron chi connectivity index (χ4n) is 2.36. The number of nitrogens with one attached hydrogen (secondary N) is 1. The van der Waals surface area contributed by atoms with E-state index in [-0.39, 0.29) is 11.7 Å². The number of rotatable bonds is 5. The molecule has 4 nitrogen and oxygen atoms in total. The van der Waals surface area contributed by atoms with Gasteiger partial charge in [-0.2, -0.15) is 0 Å². The highest BCUT2D eigenvalue weighted by Crippen LogP contribution is 2.19. The van der Waals surface area contributed by atoms with Crippen LogP contribution in [0.1, 0.15) is 10.5 Å². The van der Waals surface area contributed by atoms with E-state index in [1.54, 1.807) is 30.1 Å². The van der Waals surface area contributed by atoms with E-state index in [1.165, 1.54) is 6.07 Å². The number of carbonyl (C=O) groups is 1. The molecule has 0 aliphatic heterocycles. The van der Waals surface area contributed by atoms with Gasteiger partial charge in [0.15, 0.2) is 0 Å². The molecule has 0 radical (unpaired) electrons. The van der Waals surface area contributed by atoms with E-state index in [0.29, 0.717) is 29.7 Å². The van der Waals surface area contributed by atoms with Gasteiger partial charge < -0.3 is 14.6 Å². The van der Waals surface area contributed by atoms with E-state index in [4.69, 9.17) is 4.74 Å². The maximum atomic E-state index is 13.7. The van der Waals surface area contributed by atoms with Crippen LogP contribution in [0.2, 0.25) is 0 Å². The number of amides is 1. The van der Waals surface area contributed by atoms with Crippen LogP contribution >= 0.6 is 0 Å². The minimum atomic E-state index is -0.340. The van der Waals surface area contributed by atoms with Crippen LogP contribution < -0.4 is 4.74 Å². The van der Waals surface area contributed by atoms with Gasteiger partial charge in [0.2, 0.25) is 0 Å². The first-order valence-corrected chi connectivity index (χ1v) is 7.36. The van der Waals surface area contributed by atoms with E-state index >= 15 is 0 Å². The molecule has 0 atom stereocenters. The molecule has 0 spiro atoms. The van der Waals surface area contributed by atoms with Gasteiger partial charge in [0.05, 0.1) is 6.54 Å². The van der Waals surface area contributed by atoms with Crippen LogP contribution in [0.25, 0.3) is 10.9 Å². The largest absolute Gasteiger partial charge is 0.492 e. The van der Waals surface area contributed by atoms with Crippen LogP contribution in [0.15, 0.2) is 54.6 Å². The number of H-pyrrole nitrogens is 1. The molecule has 1 N–H and O–H groups in total. The first-order chi connectivity index (χ1) is 11.1. The summed E-state index contributed by atoms with van der Waals surface area (Å²) in [4.78, 5) is 16.9. The van der Waals surface area contributed by atoms with Gasteiger partial charge in [-0.25, -0.2) is 4.39 Å². The van der Waals surface area contributed by atoms with E-state index in [0.717, 1.165) is 5.75 Å². The zero-order valence-electron chi connectivity index (χ0n) is 12.8. The molecule has 3 rings (SSSR count). The molecule has 0 unspecified atom stereocenters. The van der Waals surface area contributed by atoms with Gasteiger partial charge in [-0.05, 0) is 30.3 Å². The monoisotopic (exact) mass is 312 g/mol. The minimum absolute atomic E-state index is 0.197. The second-order valence-electron chi connectivity index (χ2n) is 5.27. The first-order valence-electron chi connectivity index (χ1n) is 7.36. The molecule has 1 amide bonds. The highest BCUT2D eigenvalue weighted by molar-refractivity contribution is 5.98. The molecule has 0 saturated carbocycles. The summed E-state index contributed by atoms with van der Waals surface area (Å²) in [6.07, 6.45) is 0. The molecule has 2 aromatic carbocycles. The second-order valence-corrected chi connectivity index (χ2v) is 5.27. The van der Waals surface area contributed by atoms with Gasteiger partial charge in [0, 0.05) is 18.0 Å². The molecule has 0 saturated heterocycles. The summed E-state index contributed by atoms with van der Waals surface area (Å²) in [5.41, 5.74) is 0.981. The fourth-order valence-corrected chi connectivity index (χ4v) is 2.36. The highest BCUT2D eigenvalue weighted by atomic mass is 19.1. The van der Waals surface area contributed by atoms with Crippen LogP contribution in [-0.4, -0.2) is 36.0 Å². The third-order valence-corrected chi connectivity index (χ3v) is 3.63. The van der Waals surface area contributed by atoms with Gasteiger partial charge in [-0.1, -0.05) is 24.3 Å². The predicted molar refractivity (Wildman–Crippen MR) is 87.2 cm³/mol. The summed E-state index contributed by atoms with van der Waals surface area (Å²) in [5.74, 6) is 0.228. The molecular weight excluding hydrogens is 295 g/mol. The number of halogens is 1. The molecule has 1 heterocycles. The van der Waals surface area contributed by atoms with Crippen LogP contribution in [0.3, 0.4) is 0 Å². The normalized spacial score (nSPS) is 10.7. The number of aromatic amines is 1. The molecule has 118 valence electrons. The van der Waals surface area contributed by atoms with Gasteiger partial charge in [0.1, 0.15) is 23.9 Å². The third-order valence-electron chi connectivity index (χ3n) is 3.63. The van der Waals surface area contributed by atoms with Crippen molar-refractivity contribution in [1.82, 2.24) is 9.88 Å². The number of para-hydroxylation sites is 1. The Morgan fingerprint density at radius 3 is 2.70 bits per heavy atom. The lowest BCUT2D eigenvalue weighted by molar-refractivity contribution is 0.0769. The van der Waals surface area contributed by atoms with Gasteiger partial charge >= 0.3 is 0 Å². The van der Waals surface area contributed by atoms with Gasteiger partial charge in [-0.15, -0.1) is 0 Å². The topological polar surface area (TPSA) is 45.3 Å². The predicted octanol–water partition coefficient (Wildman–Crippen LogP) is 3.46. The van der Waals surface area contributed by atoms with Crippen molar-refractivity contribution >= 4 is 16.8 Å². The molecule has 1 aromatic heterocycles. The lowest BCUT2D eigenvalue weighted by atomic mass is 10.2. The van der Waals surface area contributed by atoms with Crippen molar-refractivity contribution in [3.63, 3.8) is 0 Å². The molecule has 0 aliphatic rings. The summed E-state index contributed by atoms with van der Waals surface area (Å²) in [7, 11) is 1.69. The van der Waals surface area contributed by atoms with Crippen LogP contribution in [0.4, 0.5) is 4.39 Å². The Labute approximate surface area is 133 Å². The highest BCUT2D eigenvalue weighted by Gasteiger charge is 2.15. The summed E-state index contributed by atoms with van der Waals surface area (Å²) in [5, 5.41) is 0.421. The number of hydrogen-bond donors (Lipinski definition) is 1. The Kier molecular flexibility index (Phi) is 4.28. The summed E-state index contributed by atoms with van der Waals surface area (Å²) < 4.78 is 19.3. The van der Waals surface area contributed by atoms with Gasteiger partial charge in [0.25, 0.3) is 5.91 Å². The van der Waals surface area contributed by atoms with Crippen molar-refractivity contribution in [3.05, 3.63) is 66.1 Å². The Morgan fingerprint density at radius 1 is 1.17 bits per heavy atom. The second kappa shape index (κ2) is 6.52. The average molecular weight is 312 g/mol. The van der Waals surface area contributed by atoms with E-state index in [1.807, 2.05) is 30.3 Å². The SMILES string of the molecule is CN(CCOc1ccccc1)C(=O)c1cc2c(F)cccc2[nH]1. The molecule has 0 bridgehead atoms. The summed E-state index contributed by atoms with van der Waals surface area (Å²) >= 11 is 0. The summed E-state index contributed by atoms with van der Waals surface area (Å²) in [6.45, 7) is 0.826. The van der Waals surface area contributed by atoms with Crippen LogP contribution in [0, 0.1) is 5.82 Å². The number of fused-ring (bicyclic) bond motifs is 1. The zero-order valence-corrected chi connectivity index (χ0v) is 12.8. The quantitative estimate of drug-likeness (QED) is 0.784. The third kappa shape index (κ3) is 3.34. The lowest BCUT2D eigenvalue weighted by Gasteiger charge is -2.16. The van der Waals surface area contributed by atoms with Crippen molar-refractivity contribution in [2.75, 3.05) is 20.2 Å². The van der Waals surface area contributed by atoms with E-state index < -0.39 is 0 Å². The van der Waals surface area contributed by atoms with E-state index in [2.05, 4.69) is 4.98 Å². The lowest BCUT2D eigenvalue weighted by Crippen LogP contribution is -2.31. The molecule has 3 aromatic rings. The first kappa shape index (κ1) is 15.1. The molecule has 23 heavy (non-hydrogen) atoms. The Balaban J connectivity index is 1.63. The number of hydrogen-bond acceptors (Lipinski definition) is 2. The Bertz CT molecular complexity index is 814. The summed E-state index contributed by atoms with van der Waals surface area (Å²) in [6, 6.07) is 15.7. The number of likely N-dealkylation sites (N-methyl/N-ethyl adjacent to an activating group) is 1. The number of nitrogens with zero attached hydrogens (tertiary/aromatic N) is 1. The molecular formula is C18H17FN2O2. The number of benzene rings is 2. The van der Waals surface area contributed by atoms with Crippen LogP contribution in [0.5, 0.6) is 5.75 Å². The van der Waals surface area contributed by atoms with Crippen molar-refractivity contribution in [3.8, 4) is 5.75 Å². The van der Waals surface area contributed by atoms with E-state index in [9.17, 15) is 9.18 Å². The van der Waals surface area contributed by atoms with Crippen molar-refractivity contribution in [2.45, 2.75) is 0 Å². The van der Waals surface area contributed by atoms with Crippen molar-refractivity contribution in [2.24, 2.45) is 0 Å². The zero-order chi connectivity index (χ0) is 16.2. The maximum absolute atomic E-state index is 13.7. The van der Waals surface area contributed by atoms with Crippen molar-refractivity contribution < 1.29 is 13.9 Å². The maximum Gasteiger partial charge on any atom is 0.270 e. The molecule has 0 fully saturated rings. The fraction of sp³-hybridized carbons (Fsp3) is 0.167. The number of aromatic nitrogens is 1. The van der Waals surface area contributed by atoms with Crippen LogP contribution in [-0.2, 0) is 0 Å². The van der Waals surface area contributed by atoms with Crippen molar-refractivity contribution in [1.29, 1.82) is 0 Å². The number of ether oxygens (including phenoxy) is 1. The number of carbonyl (C=O) groups excluding carboxylic acids is 1. The Hall–Kier alpha value is -2.82. The van der Waals surface area contributed by atoms with Gasteiger partial charge in [-0.3, -0.25) is 4.79 Å². The average Bonchev–Trinajstić information content (AvgIpc) is 3.00. The Morgan fingerprint density at radius 2 is 1.96 bits per heavy atom. The molecule has 5 heteroatoms. The standard InChI is InChI=1S/C18H17FN2O2/c1-21(10-11-23-13-6-3-2-4-7-13)18(22)17-12-14-15(19)8-5-9-16(14)20-17/h2-9,12,20H,10-11H2,1H3. The minimum Gasteiger partial charge on any atom is -0.492 e. The molecule has 0 aliphatic carbocycles.